The molecule has 0 aliphatic carbocycles. The average Bonchev–Trinajstić information content (AvgIpc) is 2.73. The molecule has 1 aliphatic heterocycles. The molecule has 0 amide bonds. The maximum absolute atomic E-state index is 6.04. The van der Waals surface area contributed by atoms with Gasteiger partial charge in [0.15, 0.2) is 0 Å². The van der Waals surface area contributed by atoms with Crippen LogP contribution < -0.4 is 0 Å². The van der Waals surface area contributed by atoms with Crippen molar-refractivity contribution in [2.75, 3.05) is 5.33 Å². The molecule has 4 heteroatoms. The van der Waals surface area contributed by atoms with E-state index in [9.17, 15) is 0 Å². The minimum atomic E-state index is 0.0269. The molecular weight excluding hydrogens is 328 g/mol. The van der Waals surface area contributed by atoms with E-state index in [1.807, 2.05) is 0 Å². The normalized spacial score (nSPS) is 32.4. The van der Waals surface area contributed by atoms with Gasteiger partial charge in [0.2, 0.25) is 0 Å². The van der Waals surface area contributed by atoms with E-state index in [4.69, 9.17) is 4.74 Å². The van der Waals surface area contributed by atoms with Gasteiger partial charge in [-0.3, -0.25) is 0 Å². The molecular formula is C10H12Br2OS. The second kappa shape index (κ2) is 4.24. The zero-order chi connectivity index (χ0) is 10.2. The monoisotopic (exact) mass is 338 g/mol. The second-order valence-electron chi connectivity index (χ2n) is 3.91. The van der Waals surface area contributed by atoms with Gasteiger partial charge < -0.3 is 4.74 Å². The Kier molecular flexibility index (Phi) is 3.37. The van der Waals surface area contributed by atoms with Crippen LogP contribution in [0.15, 0.2) is 15.2 Å². The molecule has 2 atom stereocenters. The van der Waals surface area contributed by atoms with Crippen LogP contribution in [0.5, 0.6) is 0 Å². The van der Waals surface area contributed by atoms with Crippen molar-refractivity contribution in [1.29, 1.82) is 0 Å². The Morgan fingerprint density at radius 1 is 1.71 bits per heavy atom. The number of halogens is 2. The van der Waals surface area contributed by atoms with E-state index in [1.54, 1.807) is 11.3 Å². The van der Waals surface area contributed by atoms with Crippen molar-refractivity contribution in [2.24, 2.45) is 0 Å². The number of thiophene rings is 1. The fourth-order valence-corrected chi connectivity index (χ4v) is 3.35. The molecule has 1 aromatic rings. The van der Waals surface area contributed by atoms with Gasteiger partial charge in [0.05, 0.1) is 15.5 Å². The summed E-state index contributed by atoms with van der Waals surface area (Å²) in [5.74, 6) is 0. The Morgan fingerprint density at radius 3 is 3.00 bits per heavy atom. The van der Waals surface area contributed by atoms with E-state index in [0.717, 1.165) is 18.2 Å². The van der Waals surface area contributed by atoms with Crippen LogP contribution in [0.1, 0.15) is 31.4 Å². The molecule has 0 saturated carbocycles. The first-order valence-corrected chi connectivity index (χ1v) is 7.40. The lowest BCUT2D eigenvalue weighted by Gasteiger charge is -2.21. The van der Waals surface area contributed by atoms with Gasteiger partial charge in [-0.2, -0.15) is 0 Å². The van der Waals surface area contributed by atoms with Gasteiger partial charge in [0.1, 0.15) is 0 Å². The third-order valence-corrected chi connectivity index (χ3v) is 5.31. The molecule has 78 valence electrons. The molecule has 1 aliphatic rings. The molecule has 14 heavy (non-hydrogen) atoms. The highest BCUT2D eigenvalue weighted by Gasteiger charge is 2.35. The van der Waals surface area contributed by atoms with Gasteiger partial charge in [0.25, 0.3) is 0 Å². The lowest BCUT2D eigenvalue weighted by atomic mass is 10.0. The Bertz CT molecular complexity index is 326. The number of ether oxygens (including phenoxy) is 1. The minimum absolute atomic E-state index is 0.0269. The molecule has 2 unspecified atom stereocenters. The summed E-state index contributed by atoms with van der Waals surface area (Å²) in [4.78, 5) is 0. The highest BCUT2D eigenvalue weighted by atomic mass is 79.9. The van der Waals surface area contributed by atoms with E-state index in [-0.39, 0.29) is 5.60 Å². The average molecular weight is 340 g/mol. The summed E-state index contributed by atoms with van der Waals surface area (Å²) in [6, 6.07) is 2.16. The largest absolute Gasteiger partial charge is 0.366 e. The van der Waals surface area contributed by atoms with E-state index in [0.29, 0.717) is 6.10 Å². The van der Waals surface area contributed by atoms with Crippen molar-refractivity contribution in [3.63, 3.8) is 0 Å². The molecule has 1 saturated heterocycles. The van der Waals surface area contributed by atoms with Gasteiger partial charge in [0, 0.05) is 5.33 Å². The Morgan fingerprint density at radius 2 is 2.50 bits per heavy atom. The highest BCUT2D eigenvalue weighted by Crippen LogP contribution is 2.41. The molecule has 2 rings (SSSR count). The lowest BCUT2D eigenvalue weighted by Crippen LogP contribution is -2.24. The summed E-state index contributed by atoms with van der Waals surface area (Å²) >= 11 is 8.71. The van der Waals surface area contributed by atoms with Gasteiger partial charge in [-0.1, -0.05) is 15.9 Å². The van der Waals surface area contributed by atoms with Crippen LogP contribution in [-0.4, -0.2) is 10.9 Å². The van der Waals surface area contributed by atoms with E-state index < -0.39 is 0 Å². The van der Waals surface area contributed by atoms with E-state index in [1.165, 1.54) is 9.35 Å². The topological polar surface area (TPSA) is 9.23 Å². The van der Waals surface area contributed by atoms with Crippen LogP contribution in [0.2, 0.25) is 0 Å². The van der Waals surface area contributed by atoms with Gasteiger partial charge in [-0.05, 0) is 52.7 Å². The predicted molar refractivity (Wildman–Crippen MR) is 67.3 cm³/mol. The van der Waals surface area contributed by atoms with Crippen LogP contribution in [0.25, 0.3) is 0 Å². The van der Waals surface area contributed by atoms with Crippen molar-refractivity contribution < 1.29 is 4.74 Å². The summed E-state index contributed by atoms with van der Waals surface area (Å²) in [5.41, 5.74) is 1.34. The molecule has 0 radical (unpaired) electrons. The van der Waals surface area contributed by atoms with Crippen LogP contribution in [0.3, 0.4) is 0 Å². The first kappa shape index (κ1) is 11.1. The fourth-order valence-electron chi connectivity index (χ4n) is 1.72. The number of alkyl halides is 1. The molecule has 0 spiro atoms. The summed E-state index contributed by atoms with van der Waals surface area (Å²) < 4.78 is 7.22. The van der Waals surface area contributed by atoms with E-state index in [2.05, 4.69) is 50.2 Å². The molecule has 0 aromatic carbocycles. The maximum Gasteiger partial charge on any atom is 0.0842 e. The van der Waals surface area contributed by atoms with Crippen molar-refractivity contribution in [1.82, 2.24) is 0 Å². The van der Waals surface area contributed by atoms with Gasteiger partial charge in [-0.25, -0.2) is 0 Å². The molecule has 1 nitrogen and oxygen atoms in total. The predicted octanol–water partition coefficient (Wildman–Crippen LogP) is 4.52. The molecule has 0 N–H and O–H groups in total. The summed E-state index contributed by atoms with van der Waals surface area (Å²) in [5, 5.41) is 3.09. The maximum atomic E-state index is 6.04. The molecule has 0 bridgehead atoms. The minimum Gasteiger partial charge on any atom is -0.366 e. The standard InChI is InChI=1S/C10H12Br2OS/c1-10(6-11)3-2-8(13-10)7-4-9(12)14-5-7/h4-5,8H,2-3,6H2,1H3. The lowest BCUT2D eigenvalue weighted by molar-refractivity contribution is -0.0119. The Hall–Kier alpha value is 0.620. The smallest absolute Gasteiger partial charge is 0.0842 e. The van der Waals surface area contributed by atoms with Crippen molar-refractivity contribution in [3.05, 3.63) is 20.8 Å². The first-order valence-electron chi connectivity index (χ1n) is 4.61. The third kappa shape index (κ3) is 2.23. The van der Waals surface area contributed by atoms with E-state index >= 15 is 0 Å². The van der Waals surface area contributed by atoms with Crippen molar-refractivity contribution >= 4 is 43.2 Å². The Balaban J connectivity index is 2.09. The summed E-state index contributed by atoms with van der Waals surface area (Å²) in [6.07, 6.45) is 2.56. The quantitative estimate of drug-likeness (QED) is 0.720. The zero-order valence-electron chi connectivity index (χ0n) is 7.93. The zero-order valence-corrected chi connectivity index (χ0v) is 11.9. The fraction of sp³-hybridized carbons (Fsp3) is 0.600. The van der Waals surface area contributed by atoms with Crippen LogP contribution in [0, 0.1) is 0 Å². The van der Waals surface area contributed by atoms with Gasteiger partial charge >= 0.3 is 0 Å². The number of hydrogen-bond donors (Lipinski definition) is 0. The molecule has 1 fully saturated rings. The van der Waals surface area contributed by atoms with Crippen molar-refractivity contribution in [3.8, 4) is 0 Å². The number of hydrogen-bond acceptors (Lipinski definition) is 2. The summed E-state index contributed by atoms with van der Waals surface area (Å²) in [6.45, 7) is 2.17. The first-order chi connectivity index (χ1) is 6.63. The molecule has 2 heterocycles. The second-order valence-corrected chi connectivity index (χ2v) is 6.76. The third-order valence-electron chi connectivity index (χ3n) is 2.60. The van der Waals surface area contributed by atoms with Crippen LogP contribution in [-0.2, 0) is 4.74 Å². The Labute approximate surface area is 105 Å². The highest BCUT2D eigenvalue weighted by molar-refractivity contribution is 9.11. The molecule has 1 aromatic heterocycles. The van der Waals surface area contributed by atoms with Crippen LogP contribution >= 0.6 is 43.2 Å². The van der Waals surface area contributed by atoms with Crippen LogP contribution in [0.4, 0.5) is 0 Å². The summed E-state index contributed by atoms with van der Waals surface area (Å²) in [7, 11) is 0. The van der Waals surface area contributed by atoms with Crippen molar-refractivity contribution in [2.45, 2.75) is 31.5 Å². The SMILES string of the molecule is CC1(CBr)CCC(c2csc(Br)c2)O1. The number of rotatable bonds is 2. The van der Waals surface area contributed by atoms with Gasteiger partial charge in [-0.15, -0.1) is 11.3 Å².